The van der Waals surface area contributed by atoms with Crippen molar-refractivity contribution in [2.45, 2.75) is 45.2 Å². The summed E-state index contributed by atoms with van der Waals surface area (Å²) >= 11 is 0. The van der Waals surface area contributed by atoms with Crippen LogP contribution in [0, 0.1) is 0 Å². The second-order valence-corrected chi connectivity index (χ2v) is 7.64. The quantitative estimate of drug-likeness (QED) is 0.811. The van der Waals surface area contributed by atoms with Gasteiger partial charge in [-0.3, -0.25) is 14.5 Å². The van der Waals surface area contributed by atoms with Crippen LogP contribution in [-0.4, -0.2) is 35.7 Å². The molecule has 2 aromatic rings. The number of ether oxygens (including phenoxy) is 2. The maximum atomic E-state index is 12.5. The molecule has 0 bridgehead atoms. The highest BCUT2D eigenvalue weighted by Crippen LogP contribution is 2.32. The first kappa shape index (κ1) is 19.5. The molecule has 29 heavy (non-hydrogen) atoms. The third-order valence-corrected chi connectivity index (χ3v) is 5.45. The van der Waals surface area contributed by atoms with Gasteiger partial charge in [-0.25, -0.2) is 0 Å². The number of H-pyrrole nitrogens is 1. The topological polar surface area (TPSA) is 83.7 Å². The van der Waals surface area contributed by atoms with Crippen LogP contribution in [0.15, 0.2) is 35.1 Å². The van der Waals surface area contributed by atoms with E-state index in [0.29, 0.717) is 24.6 Å². The summed E-state index contributed by atoms with van der Waals surface area (Å²) in [6, 6.07) is 8.98. The van der Waals surface area contributed by atoms with Crippen molar-refractivity contribution in [3.8, 4) is 11.5 Å². The van der Waals surface area contributed by atoms with E-state index in [2.05, 4.69) is 15.2 Å². The van der Waals surface area contributed by atoms with Gasteiger partial charge in [0.15, 0.2) is 11.5 Å². The van der Waals surface area contributed by atoms with Crippen LogP contribution in [-0.2, 0) is 13.1 Å². The Morgan fingerprint density at radius 1 is 1.00 bits per heavy atom. The van der Waals surface area contributed by atoms with Gasteiger partial charge in [0.2, 0.25) is 6.79 Å². The SMILES string of the molecule is O=C(NCc1ccc2c(c1)OCO2)c1ccc(CN2CCCCCCC2)[nH]c1=O. The number of pyridine rings is 1. The number of likely N-dealkylation sites (tertiary alicyclic amines) is 1. The Hall–Kier alpha value is -2.80. The molecule has 0 spiro atoms. The third-order valence-electron chi connectivity index (χ3n) is 5.45. The molecule has 0 unspecified atom stereocenters. The van der Waals surface area contributed by atoms with Gasteiger partial charge in [0.25, 0.3) is 11.5 Å². The van der Waals surface area contributed by atoms with E-state index in [1.807, 2.05) is 24.3 Å². The Morgan fingerprint density at radius 2 is 1.76 bits per heavy atom. The predicted octanol–water partition coefficient (Wildman–Crippen LogP) is 2.80. The number of aromatic nitrogens is 1. The average molecular weight is 397 g/mol. The lowest BCUT2D eigenvalue weighted by molar-refractivity contribution is 0.0949. The molecule has 154 valence electrons. The van der Waals surface area contributed by atoms with Crippen LogP contribution in [0.2, 0.25) is 0 Å². The Bertz CT molecular complexity index is 917. The summed E-state index contributed by atoms with van der Waals surface area (Å²) in [6.45, 7) is 3.35. The van der Waals surface area contributed by atoms with Crippen LogP contribution in [0.3, 0.4) is 0 Å². The minimum Gasteiger partial charge on any atom is -0.454 e. The normalized spacial score (nSPS) is 16.8. The molecule has 1 aromatic heterocycles. The number of nitrogens with one attached hydrogen (secondary N) is 2. The summed E-state index contributed by atoms with van der Waals surface area (Å²) < 4.78 is 10.6. The molecule has 1 amide bonds. The van der Waals surface area contributed by atoms with E-state index >= 15 is 0 Å². The summed E-state index contributed by atoms with van der Waals surface area (Å²) in [5.74, 6) is 0.983. The van der Waals surface area contributed by atoms with E-state index in [1.165, 1.54) is 32.1 Å². The molecule has 1 fully saturated rings. The van der Waals surface area contributed by atoms with Crippen molar-refractivity contribution in [1.82, 2.24) is 15.2 Å². The first-order valence-corrected chi connectivity index (χ1v) is 10.3. The standard InChI is InChI=1S/C22H27N3O4/c26-21(23-13-16-6-9-19-20(12-16)29-15-28-19)18-8-7-17(24-22(18)27)14-25-10-4-2-1-3-5-11-25/h6-9,12H,1-5,10-11,13-15H2,(H,23,26)(H,24,27). The van der Waals surface area contributed by atoms with Crippen molar-refractivity contribution in [2.24, 2.45) is 0 Å². The van der Waals surface area contributed by atoms with Crippen molar-refractivity contribution in [1.29, 1.82) is 0 Å². The maximum Gasteiger partial charge on any atom is 0.261 e. The summed E-state index contributed by atoms with van der Waals surface area (Å²) in [4.78, 5) is 30.2. The molecule has 0 radical (unpaired) electrons. The molecular weight excluding hydrogens is 370 g/mol. The monoisotopic (exact) mass is 397 g/mol. The van der Waals surface area contributed by atoms with Crippen molar-refractivity contribution in [3.05, 3.63) is 57.5 Å². The summed E-state index contributed by atoms with van der Waals surface area (Å²) in [7, 11) is 0. The van der Waals surface area contributed by atoms with Gasteiger partial charge in [-0.1, -0.05) is 25.3 Å². The lowest BCUT2D eigenvalue weighted by atomic mass is 10.1. The van der Waals surface area contributed by atoms with Gasteiger partial charge in [0.1, 0.15) is 5.56 Å². The van der Waals surface area contributed by atoms with Gasteiger partial charge in [0.05, 0.1) is 0 Å². The molecule has 1 saturated heterocycles. The fraction of sp³-hybridized carbons (Fsp3) is 0.455. The summed E-state index contributed by atoms with van der Waals surface area (Å²) in [6.07, 6.45) is 6.26. The number of hydrogen-bond acceptors (Lipinski definition) is 5. The molecule has 0 saturated carbocycles. The van der Waals surface area contributed by atoms with Crippen LogP contribution in [0.4, 0.5) is 0 Å². The first-order valence-electron chi connectivity index (χ1n) is 10.3. The Labute approximate surface area is 170 Å². The maximum absolute atomic E-state index is 12.5. The van der Waals surface area contributed by atoms with E-state index < -0.39 is 0 Å². The van der Waals surface area contributed by atoms with Crippen LogP contribution in [0.5, 0.6) is 11.5 Å². The van der Waals surface area contributed by atoms with Gasteiger partial charge >= 0.3 is 0 Å². The zero-order chi connectivity index (χ0) is 20.1. The minimum absolute atomic E-state index is 0.127. The van der Waals surface area contributed by atoms with Crippen LogP contribution < -0.4 is 20.3 Å². The van der Waals surface area contributed by atoms with Crippen molar-refractivity contribution >= 4 is 5.91 Å². The fourth-order valence-electron chi connectivity index (χ4n) is 3.83. The Kier molecular flexibility index (Phi) is 6.14. The number of amides is 1. The van der Waals surface area contributed by atoms with E-state index in [-0.39, 0.29) is 23.8 Å². The lowest BCUT2D eigenvalue weighted by Crippen LogP contribution is -2.31. The Balaban J connectivity index is 1.35. The van der Waals surface area contributed by atoms with Gasteiger partial charge in [0, 0.05) is 18.8 Å². The zero-order valence-corrected chi connectivity index (χ0v) is 16.5. The average Bonchev–Trinajstić information content (AvgIpc) is 3.16. The van der Waals surface area contributed by atoms with E-state index in [4.69, 9.17) is 9.47 Å². The molecule has 7 nitrogen and oxygen atoms in total. The molecular formula is C22H27N3O4. The number of nitrogens with zero attached hydrogens (tertiary/aromatic N) is 1. The molecule has 0 atom stereocenters. The molecule has 2 aliphatic rings. The van der Waals surface area contributed by atoms with Crippen molar-refractivity contribution in [3.63, 3.8) is 0 Å². The van der Waals surface area contributed by atoms with Crippen LogP contribution >= 0.6 is 0 Å². The van der Waals surface area contributed by atoms with Gasteiger partial charge in [-0.15, -0.1) is 0 Å². The summed E-state index contributed by atoms with van der Waals surface area (Å²) in [5, 5.41) is 2.80. The molecule has 2 aliphatic heterocycles. The van der Waals surface area contributed by atoms with Crippen LogP contribution in [0.1, 0.15) is 53.7 Å². The van der Waals surface area contributed by atoms with Crippen molar-refractivity contribution in [2.75, 3.05) is 19.9 Å². The molecule has 1 aromatic carbocycles. The number of carbonyl (C=O) groups excluding carboxylic acids is 1. The van der Waals surface area contributed by atoms with E-state index in [1.54, 1.807) is 6.07 Å². The molecule has 7 heteroatoms. The highest BCUT2D eigenvalue weighted by molar-refractivity contribution is 5.93. The highest BCUT2D eigenvalue weighted by Gasteiger charge is 2.15. The lowest BCUT2D eigenvalue weighted by Gasteiger charge is -2.24. The number of rotatable bonds is 5. The number of aromatic amines is 1. The third kappa shape index (κ3) is 4.98. The van der Waals surface area contributed by atoms with Gasteiger partial charge < -0.3 is 19.8 Å². The highest BCUT2D eigenvalue weighted by atomic mass is 16.7. The molecule has 3 heterocycles. The second-order valence-electron chi connectivity index (χ2n) is 7.64. The van der Waals surface area contributed by atoms with Crippen molar-refractivity contribution < 1.29 is 14.3 Å². The molecule has 4 rings (SSSR count). The van der Waals surface area contributed by atoms with E-state index in [9.17, 15) is 9.59 Å². The largest absolute Gasteiger partial charge is 0.454 e. The van der Waals surface area contributed by atoms with Gasteiger partial charge in [-0.05, 0) is 55.8 Å². The van der Waals surface area contributed by atoms with Gasteiger partial charge in [-0.2, -0.15) is 0 Å². The minimum atomic E-state index is -0.387. The zero-order valence-electron chi connectivity index (χ0n) is 16.5. The predicted molar refractivity (Wildman–Crippen MR) is 109 cm³/mol. The number of fused-ring (bicyclic) bond motifs is 1. The number of hydrogen-bond donors (Lipinski definition) is 2. The smallest absolute Gasteiger partial charge is 0.261 e. The number of benzene rings is 1. The Morgan fingerprint density at radius 3 is 2.55 bits per heavy atom. The molecule has 0 aliphatic carbocycles. The fourth-order valence-corrected chi connectivity index (χ4v) is 3.83. The van der Waals surface area contributed by atoms with Crippen LogP contribution in [0.25, 0.3) is 0 Å². The second kappa shape index (κ2) is 9.13. The van der Waals surface area contributed by atoms with E-state index in [0.717, 1.165) is 24.3 Å². The first-order chi connectivity index (χ1) is 14.2. The number of carbonyl (C=O) groups is 1. The molecule has 2 N–H and O–H groups in total. The summed E-state index contributed by atoms with van der Waals surface area (Å²) in [5.41, 5.74) is 1.51.